The van der Waals surface area contributed by atoms with E-state index in [9.17, 15) is 22.9 Å². The third-order valence-corrected chi connectivity index (χ3v) is 6.38. The fourth-order valence-corrected chi connectivity index (χ4v) is 3.99. The van der Waals surface area contributed by atoms with Crippen LogP contribution in [0, 0.1) is 17.1 Å². The van der Waals surface area contributed by atoms with Gasteiger partial charge in [-0.3, -0.25) is 4.79 Å². The number of hydrogen-bond acceptors (Lipinski definition) is 4. The summed E-state index contributed by atoms with van der Waals surface area (Å²) in [6.07, 6.45) is 0. The summed E-state index contributed by atoms with van der Waals surface area (Å²) in [4.78, 5) is 12.4. The van der Waals surface area contributed by atoms with Crippen LogP contribution in [0.2, 0.25) is 0 Å². The summed E-state index contributed by atoms with van der Waals surface area (Å²) in [7, 11) is -1.03. The monoisotopic (exact) mass is 439 g/mol. The van der Waals surface area contributed by atoms with Gasteiger partial charge in [0.25, 0.3) is 5.91 Å². The van der Waals surface area contributed by atoms with Crippen LogP contribution in [0.25, 0.3) is 0 Å². The lowest BCUT2D eigenvalue weighted by atomic mass is 10.1. The number of nitrogens with one attached hydrogen (secondary N) is 1. The van der Waals surface area contributed by atoms with Gasteiger partial charge in [-0.05, 0) is 40.2 Å². The standard InChI is InChI=1S/C17H15BrFN3O3S/c1-22(2)26(24,25)16-9-11(7-8-13(16)18)17(23)21-15(10-20)12-5-3-4-6-14(12)19/h3-9,15H,1-2H3,(H,21,23). The second kappa shape index (κ2) is 7.95. The Balaban J connectivity index is 2.36. The fraction of sp³-hybridized carbons (Fsp3) is 0.176. The molecule has 0 radical (unpaired) electrons. The molecule has 136 valence electrons. The Hall–Kier alpha value is -2.28. The van der Waals surface area contributed by atoms with E-state index in [0.717, 1.165) is 4.31 Å². The van der Waals surface area contributed by atoms with Crippen molar-refractivity contribution < 1.29 is 17.6 Å². The van der Waals surface area contributed by atoms with Gasteiger partial charge in [0.2, 0.25) is 10.0 Å². The molecule has 0 spiro atoms. The Kier molecular flexibility index (Phi) is 6.13. The molecule has 0 aliphatic carbocycles. The van der Waals surface area contributed by atoms with E-state index in [0.29, 0.717) is 4.47 Å². The van der Waals surface area contributed by atoms with Crippen LogP contribution in [0.5, 0.6) is 0 Å². The van der Waals surface area contributed by atoms with Crippen molar-refractivity contribution in [2.45, 2.75) is 10.9 Å². The highest BCUT2D eigenvalue weighted by molar-refractivity contribution is 9.10. The van der Waals surface area contributed by atoms with Crippen molar-refractivity contribution >= 4 is 31.9 Å². The molecule has 0 aliphatic heterocycles. The minimum atomic E-state index is -3.78. The van der Waals surface area contributed by atoms with Gasteiger partial charge < -0.3 is 5.32 Å². The normalized spacial score (nSPS) is 12.5. The Bertz CT molecular complexity index is 987. The second-order valence-electron chi connectivity index (χ2n) is 5.49. The minimum absolute atomic E-state index is 0.0293. The molecule has 1 unspecified atom stereocenters. The first kappa shape index (κ1) is 20.0. The molecule has 0 saturated carbocycles. The smallest absolute Gasteiger partial charge is 0.252 e. The third-order valence-electron chi connectivity index (χ3n) is 3.57. The van der Waals surface area contributed by atoms with Crippen LogP contribution in [0.4, 0.5) is 4.39 Å². The maximum absolute atomic E-state index is 13.8. The lowest BCUT2D eigenvalue weighted by molar-refractivity contribution is 0.0944. The first-order valence-corrected chi connectivity index (χ1v) is 9.58. The van der Waals surface area contributed by atoms with E-state index in [-0.39, 0.29) is 16.0 Å². The number of hydrogen-bond donors (Lipinski definition) is 1. The molecule has 0 fully saturated rings. The molecule has 2 rings (SSSR count). The van der Waals surface area contributed by atoms with Crippen LogP contribution in [-0.4, -0.2) is 32.7 Å². The van der Waals surface area contributed by atoms with Crippen LogP contribution in [-0.2, 0) is 10.0 Å². The highest BCUT2D eigenvalue weighted by atomic mass is 79.9. The van der Waals surface area contributed by atoms with E-state index in [1.807, 2.05) is 6.07 Å². The van der Waals surface area contributed by atoms with Crippen LogP contribution >= 0.6 is 15.9 Å². The number of nitriles is 1. The van der Waals surface area contributed by atoms with E-state index in [4.69, 9.17) is 0 Å². The van der Waals surface area contributed by atoms with Crippen LogP contribution in [0.15, 0.2) is 51.8 Å². The number of carbonyl (C=O) groups is 1. The Labute approximate surface area is 159 Å². The van der Waals surface area contributed by atoms with Gasteiger partial charge in [0.1, 0.15) is 11.9 Å². The molecule has 2 aromatic rings. The number of amides is 1. The fourth-order valence-electron chi connectivity index (χ4n) is 2.14. The van der Waals surface area contributed by atoms with E-state index in [2.05, 4.69) is 21.2 Å². The number of sulfonamides is 1. The molecule has 0 saturated heterocycles. The molecule has 0 aliphatic rings. The molecule has 9 heteroatoms. The maximum atomic E-state index is 13.8. The zero-order chi connectivity index (χ0) is 19.5. The average molecular weight is 440 g/mol. The first-order chi connectivity index (χ1) is 12.2. The number of benzene rings is 2. The van der Waals surface area contributed by atoms with Crippen molar-refractivity contribution in [1.82, 2.24) is 9.62 Å². The van der Waals surface area contributed by atoms with Gasteiger partial charge in [-0.15, -0.1) is 0 Å². The molecular weight excluding hydrogens is 425 g/mol. The van der Waals surface area contributed by atoms with Gasteiger partial charge in [-0.1, -0.05) is 18.2 Å². The summed E-state index contributed by atoms with van der Waals surface area (Å²) < 4.78 is 39.8. The lowest BCUT2D eigenvalue weighted by Crippen LogP contribution is -2.29. The molecule has 0 heterocycles. The molecule has 1 N–H and O–H groups in total. The summed E-state index contributed by atoms with van der Waals surface area (Å²) in [6.45, 7) is 0. The van der Waals surface area contributed by atoms with Gasteiger partial charge in [0.05, 0.1) is 11.0 Å². The van der Waals surface area contributed by atoms with Crippen molar-refractivity contribution in [3.05, 3.63) is 63.9 Å². The summed E-state index contributed by atoms with van der Waals surface area (Å²) >= 11 is 3.15. The van der Waals surface area contributed by atoms with E-state index in [1.165, 1.54) is 50.5 Å². The predicted molar refractivity (Wildman–Crippen MR) is 97.2 cm³/mol. The number of carbonyl (C=O) groups excluding carboxylic acids is 1. The van der Waals surface area contributed by atoms with E-state index >= 15 is 0 Å². The highest BCUT2D eigenvalue weighted by Crippen LogP contribution is 2.26. The van der Waals surface area contributed by atoms with Crippen LogP contribution in [0.3, 0.4) is 0 Å². The Morgan fingerprint density at radius 3 is 2.50 bits per heavy atom. The van der Waals surface area contributed by atoms with Gasteiger partial charge in [0.15, 0.2) is 0 Å². The molecule has 6 nitrogen and oxygen atoms in total. The average Bonchev–Trinajstić information content (AvgIpc) is 2.60. The van der Waals surface area contributed by atoms with Crippen LogP contribution in [0.1, 0.15) is 22.0 Å². The molecule has 26 heavy (non-hydrogen) atoms. The van der Waals surface area contributed by atoms with Crippen molar-refractivity contribution in [3.8, 4) is 6.07 Å². The third kappa shape index (κ3) is 4.09. The molecule has 2 aromatic carbocycles. The van der Waals surface area contributed by atoms with Gasteiger partial charge in [-0.25, -0.2) is 17.1 Å². The summed E-state index contributed by atoms with van der Waals surface area (Å²) in [6, 6.07) is 10.3. The van der Waals surface area contributed by atoms with Crippen molar-refractivity contribution in [3.63, 3.8) is 0 Å². The highest BCUT2D eigenvalue weighted by Gasteiger charge is 2.23. The van der Waals surface area contributed by atoms with Crippen LogP contribution < -0.4 is 5.32 Å². The first-order valence-electron chi connectivity index (χ1n) is 7.35. The molecular formula is C17H15BrFN3O3S. The van der Waals surface area contributed by atoms with E-state index < -0.39 is 27.8 Å². The largest absolute Gasteiger partial charge is 0.332 e. The SMILES string of the molecule is CN(C)S(=O)(=O)c1cc(C(=O)NC(C#N)c2ccccc2F)ccc1Br. The van der Waals surface area contributed by atoms with E-state index in [1.54, 1.807) is 6.07 Å². The number of halogens is 2. The van der Waals surface area contributed by atoms with Gasteiger partial charge in [-0.2, -0.15) is 5.26 Å². The molecule has 0 aromatic heterocycles. The second-order valence-corrected chi connectivity index (χ2v) is 8.46. The summed E-state index contributed by atoms with van der Waals surface area (Å²) in [5.41, 5.74) is 0.0619. The minimum Gasteiger partial charge on any atom is -0.332 e. The molecule has 0 bridgehead atoms. The van der Waals surface area contributed by atoms with Crippen molar-refractivity contribution in [2.75, 3.05) is 14.1 Å². The zero-order valence-electron chi connectivity index (χ0n) is 13.9. The molecule has 1 amide bonds. The topological polar surface area (TPSA) is 90.3 Å². The summed E-state index contributed by atoms with van der Waals surface area (Å²) in [5, 5.41) is 11.7. The maximum Gasteiger partial charge on any atom is 0.252 e. The number of nitrogens with zero attached hydrogens (tertiary/aromatic N) is 2. The van der Waals surface area contributed by atoms with Crippen molar-refractivity contribution in [2.24, 2.45) is 0 Å². The van der Waals surface area contributed by atoms with Gasteiger partial charge in [0, 0.05) is 29.7 Å². The summed E-state index contributed by atoms with van der Waals surface area (Å²) in [5.74, 6) is -1.31. The Morgan fingerprint density at radius 2 is 1.92 bits per heavy atom. The van der Waals surface area contributed by atoms with Crippen molar-refractivity contribution in [1.29, 1.82) is 5.26 Å². The number of rotatable bonds is 5. The molecule has 1 atom stereocenters. The quantitative estimate of drug-likeness (QED) is 0.775. The lowest BCUT2D eigenvalue weighted by Gasteiger charge is -2.15. The zero-order valence-corrected chi connectivity index (χ0v) is 16.3. The predicted octanol–water partition coefficient (Wildman–Crippen LogP) is 2.83. The Morgan fingerprint density at radius 1 is 1.27 bits per heavy atom. The van der Waals surface area contributed by atoms with Gasteiger partial charge >= 0.3 is 0 Å².